The molecule has 0 amide bonds. The SMILES string of the molecule is CNC(CCC1CC1)Cc1cccc(OC)c1. The van der Waals surface area contributed by atoms with Crippen LogP contribution in [0.4, 0.5) is 0 Å². The fourth-order valence-corrected chi connectivity index (χ4v) is 2.28. The van der Waals surface area contributed by atoms with Crippen molar-refractivity contribution in [2.75, 3.05) is 14.2 Å². The molecule has 1 aliphatic carbocycles. The van der Waals surface area contributed by atoms with E-state index in [-0.39, 0.29) is 0 Å². The molecule has 0 aliphatic heterocycles. The molecule has 0 bridgehead atoms. The van der Waals surface area contributed by atoms with Crippen molar-refractivity contribution in [1.82, 2.24) is 5.32 Å². The van der Waals surface area contributed by atoms with Gasteiger partial charge in [0, 0.05) is 6.04 Å². The molecule has 1 aliphatic rings. The second-order valence-electron chi connectivity index (χ2n) is 5.06. The quantitative estimate of drug-likeness (QED) is 0.781. The maximum Gasteiger partial charge on any atom is 0.119 e. The summed E-state index contributed by atoms with van der Waals surface area (Å²) in [6.45, 7) is 0. The van der Waals surface area contributed by atoms with Crippen LogP contribution in [0.15, 0.2) is 24.3 Å². The molecule has 94 valence electrons. The molecule has 1 unspecified atom stereocenters. The fourth-order valence-electron chi connectivity index (χ4n) is 2.28. The van der Waals surface area contributed by atoms with E-state index in [9.17, 15) is 0 Å². The predicted molar refractivity (Wildman–Crippen MR) is 71.5 cm³/mol. The minimum atomic E-state index is 0.600. The number of hydrogen-bond acceptors (Lipinski definition) is 2. The third-order valence-electron chi connectivity index (χ3n) is 3.64. The lowest BCUT2D eigenvalue weighted by Crippen LogP contribution is -2.27. The normalized spacial score (nSPS) is 16.8. The van der Waals surface area contributed by atoms with E-state index in [4.69, 9.17) is 4.74 Å². The van der Waals surface area contributed by atoms with E-state index in [1.807, 2.05) is 6.07 Å². The number of nitrogens with one attached hydrogen (secondary N) is 1. The number of likely N-dealkylation sites (N-methyl/N-ethyl adjacent to an activating group) is 1. The molecule has 0 aromatic heterocycles. The van der Waals surface area contributed by atoms with Crippen LogP contribution >= 0.6 is 0 Å². The van der Waals surface area contributed by atoms with Crippen molar-refractivity contribution in [1.29, 1.82) is 0 Å². The highest BCUT2D eigenvalue weighted by Gasteiger charge is 2.22. The summed E-state index contributed by atoms with van der Waals surface area (Å²) < 4.78 is 5.26. The standard InChI is InChI=1S/C15H23NO/c1-16-14(9-8-12-6-7-12)10-13-4-3-5-15(11-13)17-2/h3-5,11-12,14,16H,6-10H2,1-2H3. The molecule has 17 heavy (non-hydrogen) atoms. The Morgan fingerprint density at radius 3 is 2.88 bits per heavy atom. The molecule has 1 N–H and O–H groups in total. The lowest BCUT2D eigenvalue weighted by Gasteiger charge is -2.16. The Morgan fingerprint density at radius 1 is 1.41 bits per heavy atom. The Morgan fingerprint density at radius 2 is 2.24 bits per heavy atom. The van der Waals surface area contributed by atoms with Crippen LogP contribution in [0, 0.1) is 5.92 Å². The molecule has 0 saturated heterocycles. The molecule has 0 heterocycles. The highest BCUT2D eigenvalue weighted by Crippen LogP contribution is 2.34. The van der Waals surface area contributed by atoms with E-state index in [2.05, 4.69) is 30.6 Å². The Kier molecular flexibility index (Phi) is 4.43. The van der Waals surface area contributed by atoms with Crippen molar-refractivity contribution in [2.45, 2.75) is 38.1 Å². The van der Waals surface area contributed by atoms with Gasteiger partial charge in [-0.15, -0.1) is 0 Å². The Labute approximate surface area is 104 Å². The third-order valence-corrected chi connectivity index (χ3v) is 3.64. The lowest BCUT2D eigenvalue weighted by atomic mass is 10.0. The van der Waals surface area contributed by atoms with E-state index >= 15 is 0 Å². The van der Waals surface area contributed by atoms with Crippen LogP contribution in [-0.2, 0) is 6.42 Å². The number of hydrogen-bond donors (Lipinski definition) is 1. The highest BCUT2D eigenvalue weighted by molar-refractivity contribution is 5.28. The Bertz CT molecular complexity index is 347. The van der Waals surface area contributed by atoms with E-state index in [0.29, 0.717) is 6.04 Å². The summed E-state index contributed by atoms with van der Waals surface area (Å²) in [5, 5.41) is 3.43. The van der Waals surface area contributed by atoms with Crippen LogP contribution in [-0.4, -0.2) is 20.2 Å². The first-order valence-electron chi connectivity index (χ1n) is 6.62. The second-order valence-corrected chi connectivity index (χ2v) is 5.06. The Hall–Kier alpha value is -1.02. The van der Waals surface area contributed by atoms with Crippen LogP contribution < -0.4 is 10.1 Å². The van der Waals surface area contributed by atoms with E-state index in [0.717, 1.165) is 18.1 Å². The molecule has 2 heteroatoms. The van der Waals surface area contributed by atoms with Gasteiger partial charge in [-0.3, -0.25) is 0 Å². The van der Waals surface area contributed by atoms with Gasteiger partial charge in [-0.2, -0.15) is 0 Å². The van der Waals surface area contributed by atoms with Gasteiger partial charge in [-0.25, -0.2) is 0 Å². The minimum absolute atomic E-state index is 0.600. The molecule has 0 spiro atoms. The summed E-state index contributed by atoms with van der Waals surface area (Å²) in [5.74, 6) is 1.98. The van der Waals surface area contributed by atoms with Gasteiger partial charge < -0.3 is 10.1 Å². The van der Waals surface area contributed by atoms with Crippen LogP contribution in [0.2, 0.25) is 0 Å². The van der Waals surface area contributed by atoms with Crippen LogP contribution in [0.25, 0.3) is 0 Å². The van der Waals surface area contributed by atoms with Crippen molar-refractivity contribution >= 4 is 0 Å². The topological polar surface area (TPSA) is 21.3 Å². The van der Waals surface area contributed by atoms with Crippen LogP contribution in [0.3, 0.4) is 0 Å². The van der Waals surface area contributed by atoms with Gasteiger partial charge in [-0.05, 0) is 49.9 Å². The van der Waals surface area contributed by atoms with E-state index in [1.54, 1.807) is 7.11 Å². The summed E-state index contributed by atoms with van der Waals surface area (Å²) in [5.41, 5.74) is 1.36. The summed E-state index contributed by atoms with van der Waals surface area (Å²) in [6.07, 6.45) is 6.68. The van der Waals surface area contributed by atoms with Gasteiger partial charge in [0.2, 0.25) is 0 Å². The van der Waals surface area contributed by atoms with Gasteiger partial charge in [0.1, 0.15) is 5.75 Å². The van der Waals surface area contributed by atoms with Crippen molar-refractivity contribution in [2.24, 2.45) is 5.92 Å². The maximum absolute atomic E-state index is 5.26. The summed E-state index contributed by atoms with van der Waals surface area (Å²) in [6, 6.07) is 9.00. The molecule has 1 aromatic rings. The molecular weight excluding hydrogens is 210 g/mol. The fraction of sp³-hybridized carbons (Fsp3) is 0.600. The zero-order valence-electron chi connectivity index (χ0n) is 10.9. The van der Waals surface area contributed by atoms with Crippen LogP contribution in [0.5, 0.6) is 5.75 Å². The zero-order chi connectivity index (χ0) is 12.1. The molecule has 1 aromatic carbocycles. The molecule has 1 atom stereocenters. The zero-order valence-corrected chi connectivity index (χ0v) is 10.9. The van der Waals surface area contributed by atoms with Gasteiger partial charge in [-0.1, -0.05) is 25.0 Å². The lowest BCUT2D eigenvalue weighted by molar-refractivity contribution is 0.413. The van der Waals surface area contributed by atoms with Gasteiger partial charge in [0.05, 0.1) is 7.11 Å². The van der Waals surface area contributed by atoms with Gasteiger partial charge in [0.15, 0.2) is 0 Å². The molecule has 1 fully saturated rings. The molecule has 2 rings (SSSR count). The maximum atomic E-state index is 5.26. The second kappa shape index (κ2) is 6.06. The number of benzene rings is 1. The van der Waals surface area contributed by atoms with Crippen LogP contribution in [0.1, 0.15) is 31.2 Å². The van der Waals surface area contributed by atoms with Crippen molar-refractivity contribution in [3.05, 3.63) is 29.8 Å². The number of rotatable bonds is 7. The van der Waals surface area contributed by atoms with Crippen molar-refractivity contribution in [3.8, 4) is 5.75 Å². The molecule has 2 nitrogen and oxygen atoms in total. The largest absolute Gasteiger partial charge is 0.497 e. The summed E-state index contributed by atoms with van der Waals surface area (Å²) in [4.78, 5) is 0. The Balaban J connectivity index is 1.86. The monoisotopic (exact) mass is 233 g/mol. The molecule has 0 radical (unpaired) electrons. The van der Waals surface area contributed by atoms with Crippen molar-refractivity contribution < 1.29 is 4.74 Å². The van der Waals surface area contributed by atoms with Crippen molar-refractivity contribution in [3.63, 3.8) is 0 Å². The average Bonchev–Trinajstić information content (AvgIpc) is 3.18. The van der Waals surface area contributed by atoms with Gasteiger partial charge >= 0.3 is 0 Å². The predicted octanol–water partition coefficient (Wildman–Crippen LogP) is 3.02. The first kappa shape index (κ1) is 12.4. The minimum Gasteiger partial charge on any atom is -0.497 e. The number of methoxy groups -OCH3 is 1. The molecule has 1 saturated carbocycles. The average molecular weight is 233 g/mol. The highest BCUT2D eigenvalue weighted by atomic mass is 16.5. The first-order chi connectivity index (χ1) is 8.31. The number of ether oxygens (including phenoxy) is 1. The van der Waals surface area contributed by atoms with E-state index in [1.165, 1.54) is 31.2 Å². The summed E-state index contributed by atoms with van der Waals surface area (Å²) in [7, 11) is 3.79. The van der Waals surface area contributed by atoms with E-state index < -0.39 is 0 Å². The third kappa shape index (κ3) is 4.04. The summed E-state index contributed by atoms with van der Waals surface area (Å²) >= 11 is 0. The van der Waals surface area contributed by atoms with Gasteiger partial charge in [0.25, 0.3) is 0 Å². The molecular formula is C15H23NO. The smallest absolute Gasteiger partial charge is 0.119 e. The first-order valence-corrected chi connectivity index (χ1v) is 6.62.